The SMILES string of the molecule is CCN1CCN([C@@H](c2ccc(Cl)cc2)c2sc3nc(-c4ccco4)nn3c2O)CC1. The number of piperazine rings is 1. The minimum atomic E-state index is -0.0816. The smallest absolute Gasteiger partial charge is 0.230 e. The molecular weight excluding hydrogens is 422 g/mol. The molecule has 4 aromatic rings. The number of thiazole rings is 1. The number of hydrogen-bond acceptors (Lipinski definition) is 7. The Labute approximate surface area is 183 Å². The van der Waals surface area contributed by atoms with Gasteiger partial charge < -0.3 is 14.4 Å². The van der Waals surface area contributed by atoms with Crippen molar-refractivity contribution in [3.63, 3.8) is 0 Å². The minimum Gasteiger partial charge on any atom is -0.492 e. The molecule has 0 spiro atoms. The Hall–Kier alpha value is -2.39. The van der Waals surface area contributed by atoms with Crippen molar-refractivity contribution in [3.8, 4) is 17.5 Å². The van der Waals surface area contributed by atoms with E-state index in [0.29, 0.717) is 21.6 Å². The zero-order valence-electron chi connectivity index (χ0n) is 16.5. The van der Waals surface area contributed by atoms with Gasteiger partial charge in [-0.1, -0.05) is 42.0 Å². The number of hydrogen-bond donors (Lipinski definition) is 1. The van der Waals surface area contributed by atoms with E-state index in [1.165, 1.54) is 15.9 Å². The van der Waals surface area contributed by atoms with Crippen molar-refractivity contribution < 1.29 is 9.52 Å². The predicted octanol–water partition coefficient (Wildman–Crippen LogP) is 4.14. The molecule has 0 unspecified atom stereocenters. The van der Waals surface area contributed by atoms with E-state index in [0.717, 1.165) is 43.2 Å². The molecule has 0 radical (unpaired) electrons. The number of furan rings is 1. The monoisotopic (exact) mass is 443 g/mol. The van der Waals surface area contributed by atoms with Crippen LogP contribution in [0.4, 0.5) is 0 Å². The molecule has 9 heteroatoms. The van der Waals surface area contributed by atoms with Gasteiger partial charge in [-0.15, -0.1) is 5.10 Å². The zero-order chi connectivity index (χ0) is 20.7. The van der Waals surface area contributed by atoms with Gasteiger partial charge >= 0.3 is 0 Å². The number of aromatic nitrogens is 3. The average Bonchev–Trinajstić information content (AvgIpc) is 3.49. The molecular formula is C21H22ClN5O2S. The molecule has 3 aromatic heterocycles. The Bertz CT molecular complexity index is 1130. The van der Waals surface area contributed by atoms with E-state index in [1.54, 1.807) is 18.4 Å². The van der Waals surface area contributed by atoms with E-state index in [-0.39, 0.29) is 11.9 Å². The predicted molar refractivity (Wildman–Crippen MR) is 117 cm³/mol. The molecule has 156 valence electrons. The Morgan fingerprint density at radius 2 is 1.93 bits per heavy atom. The molecule has 1 N–H and O–H groups in total. The third-order valence-corrected chi connectivity index (χ3v) is 6.92. The normalized spacial score (nSPS) is 17.0. The molecule has 1 aromatic carbocycles. The largest absolute Gasteiger partial charge is 0.492 e. The van der Waals surface area contributed by atoms with Gasteiger partial charge in [0.15, 0.2) is 5.76 Å². The van der Waals surface area contributed by atoms with Gasteiger partial charge in [-0.25, -0.2) is 0 Å². The molecule has 0 saturated carbocycles. The van der Waals surface area contributed by atoms with Gasteiger partial charge in [0.25, 0.3) is 0 Å². The number of likely N-dealkylation sites (N-methyl/N-ethyl adjacent to an activating group) is 1. The summed E-state index contributed by atoms with van der Waals surface area (Å²) < 4.78 is 6.89. The molecule has 1 saturated heterocycles. The highest BCUT2D eigenvalue weighted by Gasteiger charge is 2.31. The van der Waals surface area contributed by atoms with Gasteiger partial charge in [0.05, 0.1) is 17.2 Å². The summed E-state index contributed by atoms with van der Waals surface area (Å²) in [6.45, 7) is 7.10. The fraction of sp³-hybridized carbons (Fsp3) is 0.333. The number of halogens is 1. The summed E-state index contributed by atoms with van der Waals surface area (Å²) in [6.07, 6.45) is 1.59. The maximum Gasteiger partial charge on any atom is 0.230 e. The third-order valence-electron chi connectivity index (χ3n) is 5.59. The van der Waals surface area contributed by atoms with Gasteiger partial charge in [0.2, 0.25) is 16.7 Å². The lowest BCUT2D eigenvalue weighted by Crippen LogP contribution is -2.47. The van der Waals surface area contributed by atoms with Gasteiger partial charge in [-0.05, 0) is 36.4 Å². The first-order valence-corrected chi connectivity index (χ1v) is 11.2. The zero-order valence-corrected chi connectivity index (χ0v) is 18.1. The molecule has 7 nitrogen and oxygen atoms in total. The van der Waals surface area contributed by atoms with Crippen molar-refractivity contribution in [2.45, 2.75) is 13.0 Å². The van der Waals surface area contributed by atoms with Gasteiger partial charge in [-0.2, -0.15) is 9.50 Å². The first-order valence-electron chi connectivity index (χ1n) is 9.98. The summed E-state index contributed by atoms with van der Waals surface area (Å²) in [4.78, 5) is 10.9. The fourth-order valence-corrected chi connectivity index (χ4v) is 5.19. The lowest BCUT2D eigenvalue weighted by Gasteiger charge is -2.38. The fourth-order valence-electron chi connectivity index (χ4n) is 3.95. The molecule has 1 fully saturated rings. The Morgan fingerprint density at radius 1 is 1.17 bits per heavy atom. The Morgan fingerprint density at radius 3 is 2.57 bits per heavy atom. The van der Waals surface area contributed by atoms with Gasteiger partial charge in [-0.3, -0.25) is 4.90 Å². The van der Waals surface area contributed by atoms with Crippen LogP contribution < -0.4 is 0 Å². The number of benzene rings is 1. The van der Waals surface area contributed by atoms with Crippen molar-refractivity contribution in [1.82, 2.24) is 24.4 Å². The summed E-state index contributed by atoms with van der Waals surface area (Å²) in [6, 6.07) is 11.4. The van der Waals surface area contributed by atoms with Crippen molar-refractivity contribution in [2.24, 2.45) is 0 Å². The first kappa shape index (κ1) is 19.6. The van der Waals surface area contributed by atoms with Crippen molar-refractivity contribution in [1.29, 1.82) is 0 Å². The van der Waals surface area contributed by atoms with Crippen LogP contribution in [0, 0.1) is 0 Å². The minimum absolute atomic E-state index is 0.0816. The van der Waals surface area contributed by atoms with Crippen molar-refractivity contribution in [2.75, 3.05) is 32.7 Å². The molecule has 5 rings (SSSR count). The van der Waals surface area contributed by atoms with Crippen LogP contribution in [0.3, 0.4) is 0 Å². The van der Waals surface area contributed by atoms with Crippen LogP contribution in [0.25, 0.3) is 16.5 Å². The Balaban J connectivity index is 1.55. The number of aromatic hydroxyl groups is 1. The van der Waals surface area contributed by atoms with Gasteiger partial charge in [0.1, 0.15) is 0 Å². The molecule has 0 amide bonds. The second kappa shape index (κ2) is 8.03. The summed E-state index contributed by atoms with van der Waals surface area (Å²) in [5, 5.41) is 16.3. The van der Waals surface area contributed by atoms with E-state index in [9.17, 15) is 5.11 Å². The summed E-state index contributed by atoms with van der Waals surface area (Å²) in [5.74, 6) is 1.17. The maximum atomic E-state index is 11.1. The highest BCUT2D eigenvalue weighted by atomic mass is 35.5. The molecule has 1 aliphatic rings. The van der Waals surface area contributed by atoms with Crippen LogP contribution in [0.2, 0.25) is 5.02 Å². The van der Waals surface area contributed by atoms with Crippen molar-refractivity contribution in [3.05, 3.63) is 58.1 Å². The van der Waals surface area contributed by atoms with Crippen LogP contribution in [0.5, 0.6) is 5.88 Å². The molecule has 4 heterocycles. The molecule has 0 bridgehead atoms. The van der Waals surface area contributed by atoms with E-state index in [1.807, 2.05) is 24.3 Å². The summed E-state index contributed by atoms with van der Waals surface area (Å²) in [7, 11) is 0. The second-order valence-corrected chi connectivity index (χ2v) is 8.77. The van der Waals surface area contributed by atoms with Crippen molar-refractivity contribution >= 4 is 27.9 Å². The third kappa shape index (κ3) is 3.50. The van der Waals surface area contributed by atoms with E-state index in [4.69, 9.17) is 16.0 Å². The maximum absolute atomic E-state index is 11.1. The number of rotatable bonds is 5. The summed E-state index contributed by atoms with van der Waals surface area (Å²) >= 11 is 7.59. The molecule has 30 heavy (non-hydrogen) atoms. The summed E-state index contributed by atoms with van der Waals surface area (Å²) in [5.41, 5.74) is 1.09. The molecule has 1 atom stereocenters. The lowest BCUT2D eigenvalue weighted by atomic mass is 10.0. The standard InChI is InChI=1S/C21H22ClN5O2S/c1-2-25-9-11-26(12-10-25)17(14-5-7-15(22)8-6-14)18-20(28)27-21(30-18)23-19(24-27)16-4-3-13-29-16/h3-8,13,17,28H,2,9-12H2,1H3/t17-/m0/s1. The second-order valence-electron chi connectivity index (χ2n) is 7.32. The highest BCUT2D eigenvalue weighted by Crippen LogP contribution is 2.41. The Kier molecular flexibility index (Phi) is 5.24. The highest BCUT2D eigenvalue weighted by molar-refractivity contribution is 7.17. The topological polar surface area (TPSA) is 70.0 Å². The quantitative estimate of drug-likeness (QED) is 0.500. The first-order chi connectivity index (χ1) is 14.6. The molecule has 0 aliphatic carbocycles. The average molecular weight is 444 g/mol. The van der Waals surface area contributed by atoms with E-state index in [2.05, 4.69) is 26.8 Å². The number of fused-ring (bicyclic) bond motifs is 1. The van der Waals surface area contributed by atoms with Crippen LogP contribution in [0.1, 0.15) is 23.4 Å². The van der Waals surface area contributed by atoms with Crippen LogP contribution >= 0.6 is 22.9 Å². The molecule has 1 aliphatic heterocycles. The lowest BCUT2D eigenvalue weighted by molar-refractivity contribution is 0.113. The van der Waals surface area contributed by atoms with Crippen LogP contribution in [0.15, 0.2) is 47.1 Å². The van der Waals surface area contributed by atoms with Crippen LogP contribution in [-0.2, 0) is 0 Å². The van der Waals surface area contributed by atoms with Crippen LogP contribution in [-0.4, -0.2) is 62.2 Å². The van der Waals surface area contributed by atoms with E-state index >= 15 is 0 Å². The van der Waals surface area contributed by atoms with E-state index < -0.39 is 0 Å². The van der Waals surface area contributed by atoms with Gasteiger partial charge in [0, 0.05) is 31.2 Å². The number of nitrogens with zero attached hydrogens (tertiary/aromatic N) is 5.